The van der Waals surface area contributed by atoms with Gasteiger partial charge in [-0.2, -0.15) is 0 Å². The van der Waals surface area contributed by atoms with Crippen molar-refractivity contribution in [2.45, 2.75) is 76.9 Å². The Morgan fingerprint density at radius 1 is 1.21 bits per heavy atom. The number of carbonyl (C=O) groups excluding carboxylic acids is 2. The lowest BCUT2D eigenvalue weighted by atomic mass is 10.1. The summed E-state index contributed by atoms with van der Waals surface area (Å²) < 4.78 is 0. The van der Waals surface area contributed by atoms with Crippen molar-refractivity contribution in [3.8, 4) is 0 Å². The van der Waals surface area contributed by atoms with Crippen molar-refractivity contribution in [2.75, 3.05) is 6.54 Å². The minimum atomic E-state index is -0.104. The molecule has 0 spiro atoms. The summed E-state index contributed by atoms with van der Waals surface area (Å²) in [6, 6.07) is 0.540. The second-order valence-corrected chi connectivity index (χ2v) is 6.11. The van der Waals surface area contributed by atoms with Crippen LogP contribution in [0.1, 0.15) is 58.8 Å². The lowest BCUT2D eigenvalue weighted by Crippen LogP contribution is -2.49. The number of hydrogen-bond donors (Lipinski definition) is 1. The highest BCUT2D eigenvalue weighted by atomic mass is 16.2. The van der Waals surface area contributed by atoms with E-state index in [1.807, 2.05) is 6.92 Å². The first-order valence-corrected chi connectivity index (χ1v) is 7.63. The first kappa shape index (κ1) is 14.5. The largest absolute Gasteiger partial charge is 0.352 e. The summed E-state index contributed by atoms with van der Waals surface area (Å²) in [6.07, 6.45) is 7.43. The molecule has 0 aromatic rings. The summed E-state index contributed by atoms with van der Waals surface area (Å²) >= 11 is 0. The quantitative estimate of drug-likeness (QED) is 0.826. The molecule has 0 radical (unpaired) electrons. The standard InChI is InChI=1S/C15H26N2O2/c1-11(18)10-14-8-5-9-17(14)12(2)15(19)16-13-6-3-4-7-13/h12-14H,3-10H2,1-2H3,(H,16,19). The predicted molar refractivity (Wildman–Crippen MR) is 74.9 cm³/mol. The van der Waals surface area contributed by atoms with Gasteiger partial charge in [-0.05, 0) is 46.1 Å². The number of amides is 1. The maximum atomic E-state index is 12.3. The maximum absolute atomic E-state index is 12.3. The van der Waals surface area contributed by atoms with Crippen molar-refractivity contribution in [1.29, 1.82) is 0 Å². The summed E-state index contributed by atoms with van der Waals surface area (Å²) in [7, 11) is 0. The molecule has 2 fully saturated rings. The Labute approximate surface area is 115 Å². The van der Waals surface area contributed by atoms with Gasteiger partial charge in [-0.1, -0.05) is 12.8 Å². The van der Waals surface area contributed by atoms with Crippen LogP contribution in [0.15, 0.2) is 0 Å². The van der Waals surface area contributed by atoms with Crippen LogP contribution < -0.4 is 5.32 Å². The second kappa shape index (κ2) is 6.51. The van der Waals surface area contributed by atoms with E-state index in [9.17, 15) is 9.59 Å². The average molecular weight is 266 g/mol. The van der Waals surface area contributed by atoms with Crippen LogP contribution in [-0.4, -0.2) is 41.3 Å². The van der Waals surface area contributed by atoms with E-state index in [2.05, 4.69) is 10.2 Å². The predicted octanol–water partition coefficient (Wildman–Crippen LogP) is 1.88. The molecule has 2 aliphatic rings. The van der Waals surface area contributed by atoms with Gasteiger partial charge in [0.2, 0.25) is 5.91 Å². The van der Waals surface area contributed by atoms with Crippen molar-refractivity contribution in [3.05, 3.63) is 0 Å². The molecular weight excluding hydrogens is 240 g/mol. The van der Waals surface area contributed by atoms with Gasteiger partial charge in [0.05, 0.1) is 6.04 Å². The Kier molecular flexibility index (Phi) is 4.97. The Balaban J connectivity index is 1.87. The fraction of sp³-hybridized carbons (Fsp3) is 0.867. The van der Waals surface area contributed by atoms with Gasteiger partial charge in [0.15, 0.2) is 0 Å². The van der Waals surface area contributed by atoms with Gasteiger partial charge in [0.25, 0.3) is 0 Å². The monoisotopic (exact) mass is 266 g/mol. The summed E-state index contributed by atoms with van der Waals surface area (Å²) in [5.74, 6) is 0.364. The van der Waals surface area contributed by atoms with E-state index in [0.717, 1.165) is 32.2 Å². The summed E-state index contributed by atoms with van der Waals surface area (Å²) in [4.78, 5) is 25.8. The number of nitrogens with zero attached hydrogens (tertiary/aromatic N) is 1. The minimum absolute atomic E-state index is 0.104. The number of nitrogens with one attached hydrogen (secondary N) is 1. The molecule has 4 heteroatoms. The molecule has 2 unspecified atom stereocenters. The highest BCUT2D eigenvalue weighted by Crippen LogP contribution is 2.24. The molecule has 1 saturated carbocycles. The van der Waals surface area contributed by atoms with Gasteiger partial charge in [0, 0.05) is 18.5 Å². The van der Waals surface area contributed by atoms with Crippen LogP contribution >= 0.6 is 0 Å². The van der Waals surface area contributed by atoms with Gasteiger partial charge < -0.3 is 5.32 Å². The molecule has 1 aliphatic heterocycles. The molecule has 19 heavy (non-hydrogen) atoms. The van der Waals surface area contributed by atoms with E-state index in [1.54, 1.807) is 6.92 Å². The first-order valence-electron chi connectivity index (χ1n) is 7.63. The molecule has 0 aromatic carbocycles. The number of rotatable bonds is 5. The fourth-order valence-electron chi connectivity index (χ4n) is 3.46. The molecule has 2 atom stereocenters. The van der Waals surface area contributed by atoms with E-state index in [0.29, 0.717) is 12.5 Å². The highest BCUT2D eigenvalue weighted by molar-refractivity contribution is 5.82. The average Bonchev–Trinajstić information content (AvgIpc) is 2.98. The normalized spacial score (nSPS) is 26.5. The number of ketones is 1. The summed E-state index contributed by atoms with van der Waals surface area (Å²) in [5, 5.41) is 3.16. The van der Waals surface area contributed by atoms with Crippen LogP contribution in [0.2, 0.25) is 0 Å². The molecule has 1 heterocycles. The van der Waals surface area contributed by atoms with Crippen molar-refractivity contribution >= 4 is 11.7 Å². The molecular formula is C15H26N2O2. The molecule has 4 nitrogen and oxygen atoms in total. The van der Waals surface area contributed by atoms with Gasteiger partial charge in [-0.3, -0.25) is 14.5 Å². The molecule has 1 saturated heterocycles. The minimum Gasteiger partial charge on any atom is -0.352 e. The number of likely N-dealkylation sites (tertiary alicyclic amines) is 1. The third-order valence-corrected chi connectivity index (χ3v) is 4.52. The zero-order valence-corrected chi connectivity index (χ0v) is 12.2. The first-order chi connectivity index (χ1) is 9.08. The number of carbonyl (C=O) groups is 2. The van der Waals surface area contributed by atoms with E-state index in [1.165, 1.54) is 12.8 Å². The Bertz CT molecular complexity index is 337. The van der Waals surface area contributed by atoms with E-state index < -0.39 is 0 Å². The van der Waals surface area contributed by atoms with E-state index in [4.69, 9.17) is 0 Å². The van der Waals surface area contributed by atoms with Crippen LogP contribution in [0.4, 0.5) is 0 Å². The smallest absolute Gasteiger partial charge is 0.237 e. The molecule has 1 N–H and O–H groups in total. The van der Waals surface area contributed by atoms with Crippen LogP contribution in [0.3, 0.4) is 0 Å². The van der Waals surface area contributed by atoms with Gasteiger partial charge in [-0.15, -0.1) is 0 Å². The van der Waals surface area contributed by atoms with Crippen LogP contribution in [0.25, 0.3) is 0 Å². The number of Topliss-reactive ketones (excluding diaryl/α,β-unsaturated/α-hetero) is 1. The molecule has 2 rings (SSSR count). The molecule has 1 amide bonds. The SMILES string of the molecule is CC(=O)CC1CCCN1C(C)C(=O)NC1CCCC1. The fourth-order valence-corrected chi connectivity index (χ4v) is 3.46. The van der Waals surface area contributed by atoms with Crippen molar-refractivity contribution in [1.82, 2.24) is 10.2 Å². The topological polar surface area (TPSA) is 49.4 Å². The third-order valence-electron chi connectivity index (χ3n) is 4.52. The van der Waals surface area contributed by atoms with Crippen LogP contribution in [-0.2, 0) is 9.59 Å². The van der Waals surface area contributed by atoms with Crippen LogP contribution in [0.5, 0.6) is 0 Å². The third kappa shape index (κ3) is 3.78. The number of hydrogen-bond acceptors (Lipinski definition) is 3. The van der Waals surface area contributed by atoms with Crippen molar-refractivity contribution in [2.24, 2.45) is 0 Å². The van der Waals surface area contributed by atoms with Gasteiger partial charge in [-0.25, -0.2) is 0 Å². The molecule has 0 bridgehead atoms. The molecule has 0 aromatic heterocycles. The zero-order valence-electron chi connectivity index (χ0n) is 12.2. The highest BCUT2D eigenvalue weighted by Gasteiger charge is 2.33. The van der Waals surface area contributed by atoms with Crippen molar-refractivity contribution < 1.29 is 9.59 Å². The maximum Gasteiger partial charge on any atom is 0.237 e. The zero-order chi connectivity index (χ0) is 13.8. The second-order valence-electron chi connectivity index (χ2n) is 6.11. The summed E-state index contributed by atoms with van der Waals surface area (Å²) in [6.45, 7) is 4.56. The van der Waals surface area contributed by atoms with Gasteiger partial charge in [0.1, 0.15) is 5.78 Å². The Hall–Kier alpha value is -0.900. The van der Waals surface area contributed by atoms with Crippen molar-refractivity contribution in [3.63, 3.8) is 0 Å². The molecule has 108 valence electrons. The lowest BCUT2D eigenvalue weighted by Gasteiger charge is -2.30. The molecule has 1 aliphatic carbocycles. The Morgan fingerprint density at radius 3 is 2.53 bits per heavy atom. The van der Waals surface area contributed by atoms with Crippen LogP contribution in [0, 0.1) is 0 Å². The lowest BCUT2D eigenvalue weighted by molar-refractivity contribution is -0.128. The summed E-state index contributed by atoms with van der Waals surface area (Å²) in [5.41, 5.74) is 0. The van der Waals surface area contributed by atoms with E-state index in [-0.39, 0.29) is 23.8 Å². The van der Waals surface area contributed by atoms with E-state index >= 15 is 0 Å². The van der Waals surface area contributed by atoms with Gasteiger partial charge >= 0.3 is 0 Å². The Morgan fingerprint density at radius 2 is 1.89 bits per heavy atom.